The second-order valence-corrected chi connectivity index (χ2v) is 5.22. The minimum absolute atomic E-state index is 0.251. The summed E-state index contributed by atoms with van der Waals surface area (Å²) in [6.45, 7) is 4.02. The Bertz CT molecular complexity index is 388. The molecule has 1 aromatic heterocycles. The fourth-order valence-corrected chi connectivity index (χ4v) is 2.42. The Morgan fingerprint density at radius 2 is 2.00 bits per heavy atom. The van der Waals surface area contributed by atoms with E-state index in [1.165, 1.54) is 18.4 Å². The molecule has 0 aromatic carbocycles. The summed E-state index contributed by atoms with van der Waals surface area (Å²) in [5.41, 5.74) is 1.23. The zero-order valence-electron chi connectivity index (χ0n) is 11.7. The highest BCUT2D eigenvalue weighted by Gasteiger charge is 2.14. The first-order chi connectivity index (χ1) is 9.25. The van der Waals surface area contributed by atoms with Crippen molar-refractivity contribution in [1.82, 2.24) is 14.8 Å². The SMILES string of the molecule is CN(CCc1ccncc1)C(=O)CCN1CCCC1. The number of hydrogen-bond donors (Lipinski definition) is 0. The number of nitrogens with zero attached hydrogens (tertiary/aromatic N) is 3. The number of hydrogen-bond acceptors (Lipinski definition) is 3. The van der Waals surface area contributed by atoms with E-state index in [-0.39, 0.29) is 5.91 Å². The van der Waals surface area contributed by atoms with Gasteiger partial charge in [0, 0.05) is 39.0 Å². The average Bonchev–Trinajstić information content (AvgIpc) is 2.96. The van der Waals surface area contributed by atoms with Crippen LogP contribution in [0.4, 0.5) is 0 Å². The minimum atomic E-state index is 0.251. The lowest BCUT2D eigenvalue weighted by molar-refractivity contribution is -0.130. The van der Waals surface area contributed by atoms with Gasteiger partial charge in [-0.25, -0.2) is 0 Å². The lowest BCUT2D eigenvalue weighted by atomic mass is 10.2. The van der Waals surface area contributed by atoms with Gasteiger partial charge in [0.1, 0.15) is 0 Å². The summed E-state index contributed by atoms with van der Waals surface area (Å²) in [6.07, 6.45) is 7.70. The van der Waals surface area contributed by atoms with E-state index in [1.807, 2.05) is 24.1 Å². The molecule has 4 heteroatoms. The first kappa shape index (κ1) is 14.0. The summed E-state index contributed by atoms with van der Waals surface area (Å²) in [5, 5.41) is 0. The average molecular weight is 261 g/mol. The van der Waals surface area contributed by atoms with Crippen LogP contribution in [0.5, 0.6) is 0 Å². The van der Waals surface area contributed by atoms with E-state index >= 15 is 0 Å². The van der Waals surface area contributed by atoms with Gasteiger partial charge in [0.25, 0.3) is 0 Å². The van der Waals surface area contributed by atoms with Crippen LogP contribution < -0.4 is 0 Å². The second kappa shape index (κ2) is 7.24. The van der Waals surface area contributed by atoms with Crippen LogP contribution in [0.3, 0.4) is 0 Å². The highest BCUT2D eigenvalue weighted by Crippen LogP contribution is 2.08. The molecule has 2 heterocycles. The third kappa shape index (κ3) is 4.63. The van der Waals surface area contributed by atoms with Crippen molar-refractivity contribution in [2.75, 3.05) is 33.2 Å². The number of aromatic nitrogens is 1. The minimum Gasteiger partial charge on any atom is -0.345 e. The molecule has 2 rings (SSSR count). The quantitative estimate of drug-likeness (QED) is 0.780. The van der Waals surface area contributed by atoms with Gasteiger partial charge in [-0.1, -0.05) is 0 Å². The molecule has 0 atom stereocenters. The normalized spacial score (nSPS) is 15.6. The van der Waals surface area contributed by atoms with Crippen molar-refractivity contribution in [1.29, 1.82) is 0 Å². The smallest absolute Gasteiger partial charge is 0.223 e. The van der Waals surface area contributed by atoms with E-state index in [2.05, 4.69) is 9.88 Å². The van der Waals surface area contributed by atoms with Gasteiger partial charge in [0.05, 0.1) is 0 Å². The van der Waals surface area contributed by atoms with Gasteiger partial charge in [0.2, 0.25) is 5.91 Å². The molecule has 19 heavy (non-hydrogen) atoms. The van der Waals surface area contributed by atoms with Crippen molar-refractivity contribution in [3.8, 4) is 0 Å². The molecular formula is C15H23N3O. The van der Waals surface area contributed by atoms with E-state index in [1.54, 1.807) is 12.4 Å². The molecule has 0 N–H and O–H groups in total. The molecule has 104 valence electrons. The Balaban J connectivity index is 1.67. The van der Waals surface area contributed by atoms with Crippen LogP contribution >= 0.6 is 0 Å². The predicted molar refractivity (Wildman–Crippen MR) is 75.9 cm³/mol. The van der Waals surface area contributed by atoms with Gasteiger partial charge in [-0.15, -0.1) is 0 Å². The number of likely N-dealkylation sites (tertiary alicyclic amines) is 1. The summed E-state index contributed by atoms with van der Waals surface area (Å²) < 4.78 is 0. The maximum atomic E-state index is 12.0. The number of pyridine rings is 1. The van der Waals surface area contributed by atoms with Crippen LogP contribution in [0.2, 0.25) is 0 Å². The molecule has 4 nitrogen and oxygen atoms in total. The van der Waals surface area contributed by atoms with E-state index in [4.69, 9.17) is 0 Å². The van der Waals surface area contributed by atoms with Crippen LogP contribution in [-0.2, 0) is 11.2 Å². The van der Waals surface area contributed by atoms with Crippen molar-refractivity contribution >= 4 is 5.91 Å². The number of likely N-dealkylation sites (N-methyl/N-ethyl adjacent to an activating group) is 1. The van der Waals surface area contributed by atoms with E-state index in [0.717, 1.165) is 32.6 Å². The van der Waals surface area contributed by atoms with Gasteiger partial charge in [-0.2, -0.15) is 0 Å². The highest BCUT2D eigenvalue weighted by molar-refractivity contribution is 5.76. The van der Waals surface area contributed by atoms with Crippen LogP contribution in [0, 0.1) is 0 Å². The second-order valence-electron chi connectivity index (χ2n) is 5.22. The van der Waals surface area contributed by atoms with Crippen molar-refractivity contribution in [2.45, 2.75) is 25.7 Å². The molecule has 1 aliphatic rings. The highest BCUT2D eigenvalue weighted by atomic mass is 16.2. The first-order valence-electron chi connectivity index (χ1n) is 7.11. The summed E-state index contributed by atoms with van der Waals surface area (Å²) in [4.78, 5) is 20.2. The van der Waals surface area contributed by atoms with Gasteiger partial charge in [-0.05, 0) is 50.0 Å². The zero-order chi connectivity index (χ0) is 13.5. The fraction of sp³-hybridized carbons (Fsp3) is 0.600. The molecule has 0 unspecified atom stereocenters. The summed E-state index contributed by atoms with van der Waals surface area (Å²) in [7, 11) is 1.90. The number of carbonyl (C=O) groups is 1. The zero-order valence-corrected chi connectivity index (χ0v) is 11.7. The summed E-state index contributed by atoms with van der Waals surface area (Å²) in [5.74, 6) is 0.251. The molecule has 0 bridgehead atoms. The lowest BCUT2D eigenvalue weighted by Gasteiger charge is -2.19. The van der Waals surface area contributed by atoms with Crippen molar-refractivity contribution in [2.24, 2.45) is 0 Å². The Labute approximate surface area is 115 Å². The van der Waals surface area contributed by atoms with Gasteiger partial charge in [-0.3, -0.25) is 9.78 Å². The van der Waals surface area contributed by atoms with Crippen molar-refractivity contribution in [3.63, 3.8) is 0 Å². The fourth-order valence-electron chi connectivity index (χ4n) is 2.42. The maximum Gasteiger partial charge on any atom is 0.223 e. The van der Waals surface area contributed by atoms with Gasteiger partial charge >= 0.3 is 0 Å². The van der Waals surface area contributed by atoms with Crippen molar-refractivity contribution < 1.29 is 4.79 Å². The molecular weight excluding hydrogens is 238 g/mol. The number of carbonyl (C=O) groups excluding carboxylic acids is 1. The molecule has 0 saturated carbocycles. The summed E-state index contributed by atoms with van der Waals surface area (Å²) in [6, 6.07) is 4.01. The molecule has 1 fully saturated rings. The van der Waals surface area contributed by atoms with Crippen LogP contribution in [0.25, 0.3) is 0 Å². The standard InChI is InChI=1S/C15H23N3O/c1-17(12-6-14-4-8-16-9-5-14)15(19)7-13-18-10-2-3-11-18/h4-5,8-9H,2-3,6-7,10-13H2,1H3. The third-order valence-corrected chi connectivity index (χ3v) is 3.75. The van der Waals surface area contributed by atoms with Gasteiger partial charge < -0.3 is 9.80 Å². The Morgan fingerprint density at radius 1 is 1.32 bits per heavy atom. The van der Waals surface area contributed by atoms with Gasteiger partial charge in [0.15, 0.2) is 0 Å². The maximum absolute atomic E-state index is 12.0. The molecule has 1 amide bonds. The van der Waals surface area contributed by atoms with Crippen molar-refractivity contribution in [3.05, 3.63) is 30.1 Å². The monoisotopic (exact) mass is 261 g/mol. The first-order valence-corrected chi connectivity index (χ1v) is 7.11. The molecule has 0 aliphatic carbocycles. The topological polar surface area (TPSA) is 36.4 Å². The largest absolute Gasteiger partial charge is 0.345 e. The lowest BCUT2D eigenvalue weighted by Crippen LogP contribution is -2.32. The van der Waals surface area contributed by atoms with E-state index in [0.29, 0.717) is 6.42 Å². The Morgan fingerprint density at radius 3 is 2.68 bits per heavy atom. The van der Waals surface area contributed by atoms with Crippen LogP contribution in [0.1, 0.15) is 24.8 Å². The Kier molecular flexibility index (Phi) is 5.33. The molecule has 1 aliphatic heterocycles. The predicted octanol–water partition coefficient (Wildman–Crippen LogP) is 1.57. The molecule has 0 spiro atoms. The molecule has 0 radical (unpaired) electrons. The van der Waals surface area contributed by atoms with Crippen LogP contribution in [-0.4, -0.2) is 53.9 Å². The van der Waals surface area contributed by atoms with Crippen LogP contribution in [0.15, 0.2) is 24.5 Å². The van der Waals surface area contributed by atoms with E-state index < -0.39 is 0 Å². The molecule has 1 aromatic rings. The van der Waals surface area contributed by atoms with E-state index in [9.17, 15) is 4.79 Å². The third-order valence-electron chi connectivity index (χ3n) is 3.75. The summed E-state index contributed by atoms with van der Waals surface area (Å²) >= 11 is 0. The molecule has 1 saturated heterocycles. The Hall–Kier alpha value is -1.42. The number of rotatable bonds is 6. The number of amides is 1.